The van der Waals surface area contributed by atoms with Gasteiger partial charge < -0.3 is 15.4 Å². The van der Waals surface area contributed by atoms with Crippen LogP contribution in [0.5, 0.6) is 11.6 Å². The van der Waals surface area contributed by atoms with Gasteiger partial charge in [0.2, 0.25) is 5.88 Å². The SMILES string of the molecule is Cl.Cl.O=C(NC1CCCNC1)c1ccc(Oc2ccc(C(F)(F)F)cn2)cc1. The molecule has 1 aliphatic rings. The molecule has 10 heteroatoms. The summed E-state index contributed by atoms with van der Waals surface area (Å²) < 4.78 is 42.9. The van der Waals surface area contributed by atoms with Gasteiger partial charge in [-0.2, -0.15) is 13.2 Å². The normalized spacial score (nSPS) is 16.3. The molecule has 0 bridgehead atoms. The monoisotopic (exact) mass is 437 g/mol. The first-order valence-corrected chi connectivity index (χ1v) is 8.24. The van der Waals surface area contributed by atoms with Crippen LogP contribution >= 0.6 is 24.8 Å². The second-order valence-corrected chi connectivity index (χ2v) is 6.03. The molecule has 2 N–H and O–H groups in total. The molecule has 1 aromatic carbocycles. The summed E-state index contributed by atoms with van der Waals surface area (Å²) in [6.07, 6.45) is -1.75. The third kappa shape index (κ3) is 6.54. The Hall–Kier alpha value is -2.03. The van der Waals surface area contributed by atoms with Crippen molar-refractivity contribution < 1.29 is 22.7 Å². The van der Waals surface area contributed by atoms with E-state index in [-0.39, 0.29) is 42.6 Å². The average Bonchev–Trinajstić information content (AvgIpc) is 2.63. The molecule has 0 radical (unpaired) electrons. The van der Waals surface area contributed by atoms with E-state index in [2.05, 4.69) is 15.6 Å². The van der Waals surface area contributed by atoms with E-state index < -0.39 is 11.7 Å². The third-order valence-electron chi connectivity index (χ3n) is 4.03. The Labute approximate surface area is 172 Å². The lowest BCUT2D eigenvalue weighted by Gasteiger charge is -2.23. The zero-order valence-corrected chi connectivity index (χ0v) is 16.3. The highest BCUT2D eigenvalue weighted by molar-refractivity contribution is 5.94. The summed E-state index contributed by atoms with van der Waals surface area (Å²) >= 11 is 0. The van der Waals surface area contributed by atoms with Gasteiger partial charge in [-0.1, -0.05) is 0 Å². The van der Waals surface area contributed by atoms with Crippen LogP contribution in [0.25, 0.3) is 0 Å². The molecule has 0 spiro atoms. The molecule has 1 unspecified atom stereocenters. The molecule has 28 heavy (non-hydrogen) atoms. The Morgan fingerprint density at radius 2 is 1.86 bits per heavy atom. The molecular weight excluding hydrogens is 418 g/mol. The fourth-order valence-corrected chi connectivity index (χ4v) is 2.65. The summed E-state index contributed by atoms with van der Waals surface area (Å²) in [7, 11) is 0. The van der Waals surface area contributed by atoms with Gasteiger partial charge >= 0.3 is 6.18 Å². The van der Waals surface area contributed by atoms with E-state index in [9.17, 15) is 18.0 Å². The molecule has 1 aromatic heterocycles. The van der Waals surface area contributed by atoms with Gasteiger partial charge in [0.1, 0.15) is 5.75 Å². The molecule has 1 saturated heterocycles. The van der Waals surface area contributed by atoms with E-state index in [0.29, 0.717) is 11.3 Å². The zero-order valence-electron chi connectivity index (χ0n) is 14.7. The van der Waals surface area contributed by atoms with Crippen molar-refractivity contribution in [2.75, 3.05) is 13.1 Å². The van der Waals surface area contributed by atoms with Crippen LogP contribution in [0.4, 0.5) is 13.2 Å². The number of carbonyl (C=O) groups is 1. The Morgan fingerprint density at radius 1 is 1.14 bits per heavy atom. The fourth-order valence-electron chi connectivity index (χ4n) is 2.65. The van der Waals surface area contributed by atoms with E-state index in [1.54, 1.807) is 24.3 Å². The summed E-state index contributed by atoms with van der Waals surface area (Å²) in [6.45, 7) is 1.73. The van der Waals surface area contributed by atoms with Gasteiger partial charge in [-0.05, 0) is 49.7 Å². The summed E-state index contributed by atoms with van der Waals surface area (Å²) in [5.74, 6) is 0.259. The van der Waals surface area contributed by atoms with Crippen LogP contribution in [0.2, 0.25) is 0 Å². The van der Waals surface area contributed by atoms with Crippen molar-refractivity contribution in [1.29, 1.82) is 0 Å². The van der Waals surface area contributed by atoms with Crippen molar-refractivity contribution in [1.82, 2.24) is 15.6 Å². The highest BCUT2D eigenvalue weighted by atomic mass is 35.5. The number of rotatable bonds is 4. The highest BCUT2D eigenvalue weighted by Gasteiger charge is 2.30. The summed E-state index contributed by atoms with van der Waals surface area (Å²) in [5, 5.41) is 6.19. The van der Waals surface area contributed by atoms with E-state index in [1.807, 2.05) is 0 Å². The predicted octanol–water partition coefficient (Wildman–Crippen LogP) is 4.22. The lowest BCUT2D eigenvalue weighted by atomic mass is 10.1. The van der Waals surface area contributed by atoms with Gasteiger partial charge in [0.25, 0.3) is 5.91 Å². The van der Waals surface area contributed by atoms with Crippen LogP contribution < -0.4 is 15.4 Å². The van der Waals surface area contributed by atoms with Crippen molar-refractivity contribution in [2.24, 2.45) is 0 Å². The van der Waals surface area contributed by atoms with Crippen molar-refractivity contribution in [3.8, 4) is 11.6 Å². The smallest absolute Gasteiger partial charge is 0.417 e. The summed E-state index contributed by atoms with van der Waals surface area (Å²) in [4.78, 5) is 15.9. The van der Waals surface area contributed by atoms with E-state index in [4.69, 9.17) is 4.74 Å². The molecule has 0 aliphatic carbocycles. The molecule has 0 saturated carbocycles. The summed E-state index contributed by atoms with van der Waals surface area (Å²) in [6, 6.07) is 8.53. The largest absolute Gasteiger partial charge is 0.439 e. The number of hydrogen-bond donors (Lipinski definition) is 2. The molecule has 2 aromatic rings. The first kappa shape index (κ1) is 24.0. The van der Waals surface area contributed by atoms with E-state index in [0.717, 1.165) is 44.3 Å². The molecule has 1 atom stereocenters. The van der Waals surface area contributed by atoms with Crippen LogP contribution in [-0.4, -0.2) is 30.0 Å². The molecule has 5 nitrogen and oxygen atoms in total. The van der Waals surface area contributed by atoms with Gasteiger partial charge in [0, 0.05) is 30.4 Å². The lowest BCUT2D eigenvalue weighted by Crippen LogP contribution is -2.45. The number of alkyl halides is 3. The van der Waals surface area contributed by atoms with Crippen molar-refractivity contribution >= 4 is 30.7 Å². The molecule has 2 heterocycles. The van der Waals surface area contributed by atoms with Gasteiger partial charge in [-0.25, -0.2) is 4.98 Å². The fraction of sp³-hybridized carbons (Fsp3) is 0.333. The summed E-state index contributed by atoms with van der Waals surface area (Å²) in [5.41, 5.74) is -0.350. The number of nitrogens with one attached hydrogen (secondary N) is 2. The van der Waals surface area contributed by atoms with Crippen LogP contribution in [0.3, 0.4) is 0 Å². The topological polar surface area (TPSA) is 63.2 Å². The van der Waals surface area contributed by atoms with Crippen molar-refractivity contribution in [3.05, 3.63) is 53.7 Å². The second kappa shape index (κ2) is 10.5. The number of ether oxygens (including phenoxy) is 1. The number of nitrogens with zero attached hydrogens (tertiary/aromatic N) is 1. The number of amides is 1. The van der Waals surface area contributed by atoms with Crippen LogP contribution in [0.1, 0.15) is 28.8 Å². The first-order chi connectivity index (χ1) is 12.4. The number of aromatic nitrogens is 1. The lowest BCUT2D eigenvalue weighted by molar-refractivity contribution is -0.137. The van der Waals surface area contributed by atoms with Gasteiger partial charge in [-0.15, -0.1) is 24.8 Å². The van der Waals surface area contributed by atoms with Crippen LogP contribution in [0.15, 0.2) is 42.6 Å². The van der Waals surface area contributed by atoms with E-state index in [1.165, 1.54) is 0 Å². The third-order valence-corrected chi connectivity index (χ3v) is 4.03. The minimum Gasteiger partial charge on any atom is -0.439 e. The molecular formula is C18H20Cl2F3N3O2. The highest BCUT2D eigenvalue weighted by Crippen LogP contribution is 2.30. The number of pyridine rings is 1. The van der Waals surface area contributed by atoms with Crippen molar-refractivity contribution in [3.63, 3.8) is 0 Å². The maximum atomic E-state index is 12.5. The standard InChI is InChI=1S/C18H18F3N3O2.2ClH/c19-18(20,21)13-5-8-16(23-10-13)26-15-6-3-12(4-7-15)17(25)24-14-2-1-9-22-11-14;;/h3-8,10,14,22H,1-2,9,11H2,(H,24,25);2*1H. The molecule has 3 rings (SSSR count). The Balaban J connectivity index is 0.00000196. The second-order valence-electron chi connectivity index (χ2n) is 6.03. The number of hydrogen-bond acceptors (Lipinski definition) is 4. The maximum absolute atomic E-state index is 12.5. The van der Waals surface area contributed by atoms with Crippen molar-refractivity contribution in [2.45, 2.75) is 25.1 Å². The van der Waals surface area contributed by atoms with Gasteiger partial charge in [0.05, 0.1) is 5.56 Å². The molecule has 154 valence electrons. The Bertz CT molecular complexity index is 750. The minimum atomic E-state index is -4.44. The minimum absolute atomic E-state index is 0. The van der Waals surface area contributed by atoms with Gasteiger partial charge in [-0.3, -0.25) is 4.79 Å². The molecule has 1 aliphatic heterocycles. The van der Waals surface area contributed by atoms with Crippen LogP contribution in [0, 0.1) is 0 Å². The maximum Gasteiger partial charge on any atom is 0.417 e. The molecule has 1 fully saturated rings. The molecule has 1 amide bonds. The van der Waals surface area contributed by atoms with Crippen LogP contribution in [-0.2, 0) is 6.18 Å². The average molecular weight is 438 g/mol. The van der Waals surface area contributed by atoms with Gasteiger partial charge in [0.15, 0.2) is 0 Å². The Kier molecular flexibility index (Phi) is 9.00. The first-order valence-electron chi connectivity index (χ1n) is 8.24. The number of benzene rings is 1. The Morgan fingerprint density at radius 3 is 2.39 bits per heavy atom. The number of halogens is 5. The zero-order chi connectivity index (χ0) is 18.6. The van der Waals surface area contributed by atoms with E-state index >= 15 is 0 Å². The number of piperidine rings is 1. The quantitative estimate of drug-likeness (QED) is 0.751. The predicted molar refractivity (Wildman–Crippen MR) is 104 cm³/mol. The number of carbonyl (C=O) groups excluding carboxylic acids is 1.